The second kappa shape index (κ2) is 10.8. The Morgan fingerprint density at radius 2 is 1.73 bits per heavy atom. The van der Waals surface area contributed by atoms with Gasteiger partial charge in [0.15, 0.2) is 0 Å². The number of imide groups is 1. The summed E-state index contributed by atoms with van der Waals surface area (Å²) >= 11 is 0. The molecule has 1 saturated heterocycles. The van der Waals surface area contributed by atoms with Crippen LogP contribution in [0.4, 0.5) is 4.79 Å². The molecule has 0 spiro atoms. The number of aliphatic hydroxyl groups is 1. The van der Waals surface area contributed by atoms with Gasteiger partial charge < -0.3 is 14.6 Å². The molecule has 3 rings (SSSR count). The first kappa shape index (κ1) is 24.7. The second-order valence-corrected chi connectivity index (χ2v) is 9.04. The van der Waals surface area contributed by atoms with Gasteiger partial charge in [-0.05, 0) is 42.5 Å². The zero-order valence-electron chi connectivity index (χ0n) is 20.0. The van der Waals surface area contributed by atoms with Crippen LogP contribution in [0.5, 0.6) is 5.75 Å². The largest absolute Gasteiger partial charge is 0.497 e. The molecule has 0 saturated carbocycles. The van der Waals surface area contributed by atoms with Crippen LogP contribution < -0.4 is 4.74 Å². The maximum absolute atomic E-state index is 13.4. The molecule has 7 nitrogen and oxygen atoms in total. The predicted octanol–water partition coefficient (Wildman–Crippen LogP) is 4.56. The predicted molar refractivity (Wildman–Crippen MR) is 125 cm³/mol. The highest BCUT2D eigenvalue weighted by atomic mass is 16.6. The monoisotopic (exact) mass is 454 g/mol. The van der Waals surface area contributed by atoms with Gasteiger partial charge in [-0.15, -0.1) is 0 Å². The molecule has 7 heteroatoms. The molecule has 1 N–H and O–H groups in total. The Labute approximate surface area is 195 Å². The van der Waals surface area contributed by atoms with Crippen molar-refractivity contribution in [3.05, 3.63) is 65.7 Å². The highest BCUT2D eigenvalue weighted by Crippen LogP contribution is 2.34. The lowest BCUT2D eigenvalue weighted by Gasteiger charge is -2.45. The van der Waals surface area contributed by atoms with E-state index in [1.165, 1.54) is 0 Å². The molecule has 2 aromatic carbocycles. The van der Waals surface area contributed by atoms with Crippen LogP contribution in [0.2, 0.25) is 0 Å². The van der Waals surface area contributed by atoms with Crippen LogP contribution in [0.1, 0.15) is 51.3 Å². The molecule has 4 atom stereocenters. The van der Waals surface area contributed by atoms with Crippen LogP contribution >= 0.6 is 0 Å². The first-order valence-corrected chi connectivity index (χ1v) is 11.4. The molecule has 2 aromatic rings. The van der Waals surface area contributed by atoms with E-state index < -0.39 is 30.1 Å². The summed E-state index contributed by atoms with van der Waals surface area (Å²) in [6.45, 7) is 7.88. The molecule has 178 valence electrons. The topological polar surface area (TPSA) is 79.3 Å². The third kappa shape index (κ3) is 5.72. The highest BCUT2D eigenvalue weighted by Gasteiger charge is 2.45. The summed E-state index contributed by atoms with van der Waals surface area (Å²) in [5.41, 5.74) is 1.77. The number of benzene rings is 2. The van der Waals surface area contributed by atoms with E-state index in [0.29, 0.717) is 13.0 Å². The normalized spacial score (nSPS) is 20.9. The van der Waals surface area contributed by atoms with Crippen molar-refractivity contribution in [1.29, 1.82) is 0 Å². The number of methoxy groups -OCH3 is 1. The molecule has 2 amide bonds. The van der Waals surface area contributed by atoms with E-state index in [2.05, 4.69) is 0 Å². The quantitative estimate of drug-likeness (QED) is 0.630. The van der Waals surface area contributed by atoms with Gasteiger partial charge in [-0.2, -0.15) is 10.0 Å². The van der Waals surface area contributed by atoms with E-state index in [1.54, 1.807) is 19.0 Å². The number of cyclic esters (lactones) is 1. The Morgan fingerprint density at radius 3 is 2.30 bits per heavy atom. The Balaban J connectivity index is 1.93. The van der Waals surface area contributed by atoms with Crippen LogP contribution in [-0.4, -0.2) is 46.4 Å². The van der Waals surface area contributed by atoms with Crippen molar-refractivity contribution in [2.45, 2.75) is 58.9 Å². The Kier molecular flexibility index (Phi) is 8.10. The Bertz CT molecular complexity index is 931. The van der Waals surface area contributed by atoms with Crippen molar-refractivity contribution >= 4 is 12.0 Å². The number of nitrogens with zero attached hydrogens (tertiary/aromatic N) is 2. The smallest absolute Gasteiger partial charge is 0.432 e. The summed E-state index contributed by atoms with van der Waals surface area (Å²) < 4.78 is 11.0. The minimum Gasteiger partial charge on any atom is -0.497 e. The summed E-state index contributed by atoms with van der Waals surface area (Å²) in [6, 6.07) is 16.7. The zero-order chi connectivity index (χ0) is 24.1. The number of hydrogen-bond acceptors (Lipinski definition) is 6. The van der Waals surface area contributed by atoms with Crippen LogP contribution in [-0.2, 0) is 16.1 Å². The summed E-state index contributed by atoms with van der Waals surface area (Å²) in [7, 11) is 1.60. The molecule has 0 bridgehead atoms. The number of carbonyl (C=O) groups is 2. The molecule has 0 aliphatic carbocycles. The summed E-state index contributed by atoms with van der Waals surface area (Å²) in [5.74, 6) is -0.274. The van der Waals surface area contributed by atoms with E-state index in [1.807, 2.05) is 75.4 Å². The first-order chi connectivity index (χ1) is 15.7. The lowest BCUT2D eigenvalue weighted by atomic mass is 9.95. The van der Waals surface area contributed by atoms with Crippen molar-refractivity contribution in [2.75, 3.05) is 7.11 Å². The highest BCUT2D eigenvalue weighted by molar-refractivity contribution is 5.93. The van der Waals surface area contributed by atoms with E-state index in [9.17, 15) is 14.7 Å². The van der Waals surface area contributed by atoms with Gasteiger partial charge in [-0.1, -0.05) is 63.2 Å². The van der Waals surface area contributed by atoms with Gasteiger partial charge in [0.25, 0.3) is 5.91 Å². The summed E-state index contributed by atoms with van der Waals surface area (Å²) in [4.78, 5) is 26.6. The van der Waals surface area contributed by atoms with Gasteiger partial charge in [0.05, 0.1) is 25.2 Å². The second-order valence-electron chi connectivity index (χ2n) is 9.04. The van der Waals surface area contributed by atoms with Crippen molar-refractivity contribution in [2.24, 2.45) is 11.8 Å². The SMILES string of the molecule is COc1ccc(CN2[C@@H](C)[C@@H](c3ccccc3)OC(=O)N2C(=O)[C@@H](C)[C@H](O)CC(C)C)cc1. The van der Waals surface area contributed by atoms with Gasteiger partial charge in [0.2, 0.25) is 0 Å². The molecule has 1 heterocycles. The Morgan fingerprint density at radius 1 is 1.09 bits per heavy atom. The van der Waals surface area contributed by atoms with Crippen molar-refractivity contribution in [3.63, 3.8) is 0 Å². The average Bonchev–Trinajstić information content (AvgIpc) is 2.81. The molecule has 1 fully saturated rings. The van der Waals surface area contributed by atoms with E-state index >= 15 is 0 Å². The fraction of sp³-hybridized carbons (Fsp3) is 0.462. The van der Waals surface area contributed by atoms with Gasteiger partial charge in [-0.3, -0.25) is 4.79 Å². The number of aliphatic hydroxyl groups excluding tert-OH is 1. The molecular weight excluding hydrogens is 420 g/mol. The minimum atomic E-state index is -0.852. The molecule has 33 heavy (non-hydrogen) atoms. The van der Waals surface area contributed by atoms with Gasteiger partial charge in [-0.25, -0.2) is 4.79 Å². The lowest BCUT2D eigenvalue weighted by molar-refractivity contribution is -0.177. The van der Waals surface area contributed by atoms with Crippen LogP contribution in [0.25, 0.3) is 0 Å². The molecule has 1 aliphatic heterocycles. The average molecular weight is 455 g/mol. The molecule has 0 unspecified atom stereocenters. The standard InChI is InChI=1S/C26H34N2O5/c1-17(2)15-23(29)18(3)25(30)28-26(31)33-24(21-9-7-6-8-10-21)19(4)27(28)16-20-11-13-22(32-5)14-12-20/h6-14,17-19,23-24,29H,15-16H2,1-5H3/t18-,19-,23+,24-/m0/s1. The molecule has 0 aromatic heterocycles. The van der Waals surface area contributed by atoms with Crippen molar-refractivity contribution in [3.8, 4) is 5.75 Å². The number of amides is 2. The summed E-state index contributed by atoms with van der Waals surface area (Å²) in [6.07, 6.45) is -1.65. The van der Waals surface area contributed by atoms with Gasteiger partial charge in [0, 0.05) is 6.54 Å². The fourth-order valence-corrected chi connectivity index (χ4v) is 4.08. The Hall–Kier alpha value is -2.90. The maximum Gasteiger partial charge on any atom is 0.432 e. The fourth-order valence-electron chi connectivity index (χ4n) is 4.08. The van der Waals surface area contributed by atoms with E-state index in [-0.39, 0.29) is 12.0 Å². The number of hydrogen-bond donors (Lipinski definition) is 1. The molecule has 0 radical (unpaired) electrons. The van der Waals surface area contributed by atoms with Crippen LogP contribution in [0.15, 0.2) is 54.6 Å². The maximum atomic E-state index is 13.4. The first-order valence-electron chi connectivity index (χ1n) is 11.4. The van der Waals surface area contributed by atoms with Crippen LogP contribution in [0, 0.1) is 11.8 Å². The lowest BCUT2D eigenvalue weighted by Crippen LogP contribution is -2.61. The van der Waals surface area contributed by atoms with E-state index in [0.717, 1.165) is 21.9 Å². The molecular formula is C26H34N2O5. The number of hydrazine groups is 1. The number of ether oxygens (including phenoxy) is 2. The van der Waals surface area contributed by atoms with Crippen molar-refractivity contribution < 1.29 is 24.2 Å². The third-order valence-corrected chi connectivity index (χ3v) is 6.09. The number of rotatable bonds is 8. The van der Waals surface area contributed by atoms with Gasteiger partial charge in [0.1, 0.15) is 11.9 Å². The number of carbonyl (C=O) groups excluding carboxylic acids is 2. The van der Waals surface area contributed by atoms with Gasteiger partial charge >= 0.3 is 6.09 Å². The van der Waals surface area contributed by atoms with Crippen LogP contribution in [0.3, 0.4) is 0 Å². The minimum absolute atomic E-state index is 0.223. The zero-order valence-corrected chi connectivity index (χ0v) is 20.0. The van der Waals surface area contributed by atoms with E-state index in [4.69, 9.17) is 9.47 Å². The summed E-state index contributed by atoms with van der Waals surface area (Å²) in [5, 5.41) is 13.4. The van der Waals surface area contributed by atoms with Crippen molar-refractivity contribution in [1.82, 2.24) is 10.0 Å². The molecule has 1 aliphatic rings. The third-order valence-electron chi connectivity index (χ3n) is 6.09.